The highest BCUT2D eigenvalue weighted by molar-refractivity contribution is 5.85. The molecular weight excluding hydrogens is 315 g/mol. The molecule has 1 aromatic carbocycles. The molecule has 2 aromatic rings. The molecule has 2 N–H and O–H groups in total. The molecule has 0 saturated heterocycles. The number of nitrogens with two attached hydrogens (primary N) is 1. The Hall–Kier alpha value is -1.31. The Morgan fingerprint density at radius 2 is 1.90 bits per heavy atom. The van der Waals surface area contributed by atoms with Gasteiger partial charge in [-0.1, -0.05) is 0 Å². The number of benzene rings is 1. The van der Waals surface area contributed by atoms with Crippen molar-refractivity contribution >= 4 is 35.8 Å². The zero-order valence-electron chi connectivity index (χ0n) is 10.2. The molecule has 0 saturated carbocycles. The molecule has 1 aromatic heterocycles. The lowest BCUT2D eigenvalue weighted by Crippen LogP contribution is -2.13. The van der Waals surface area contributed by atoms with E-state index in [2.05, 4.69) is 4.98 Å². The van der Waals surface area contributed by atoms with E-state index < -0.39 is 13.0 Å². The van der Waals surface area contributed by atoms with Crippen LogP contribution in [0.2, 0.25) is 0 Å². The number of alkyl halides is 2. The van der Waals surface area contributed by atoms with Gasteiger partial charge in [0.25, 0.3) is 6.43 Å². The molecule has 0 radical (unpaired) electrons. The van der Waals surface area contributed by atoms with Crippen LogP contribution in [-0.4, -0.2) is 22.8 Å². The quantitative estimate of drug-likeness (QED) is 0.939. The normalized spacial score (nSPS) is 12.4. The van der Waals surface area contributed by atoms with Crippen LogP contribution >= 0.6 is 24.8 Å². The van der Waals surface area contributed by atoms with E-state index in [1.165, 1.54) is 4.57 Å². The number of imidazole rings is 1. The van der Waals surface area contributed by atoms with Gasteiger partial charge in [0.2, 0.25) is 6.79 Å². The molecule has 0 amide bonds. The van der Waals surface area contributed by atoms with Crippen LogP contribution in [0.1, 0.15) is 5.82 Å². The first-order valence-electron chi connectivity index (χ1n) is 5.46. The average Bonchev–Trinajstić information content (AvgIpc) is 2.90. The number of fused-ring (bicyclic) bond motifs is 2. The van der Waals surface area contributed by atoms with Gasteiger partial charge < -0.3 is 19.8 Å². The van der Waals surface area contributed by atoms with Crippen molar-refractivity contribution < 1.29 is 18.3 Å². The molecule has 112 valence electrons. The predicted molar refractivity (Wildman–Crippen MR) is 74.2 cm³/mol. The monoisotopic (exact) mass is 327 g/mol. The van der Waals surface area contributed by atoms with Crippen LogP contribution in [0.25, 0.3) is 11.0 Å². The fraction of sp³-hybridized carbons (Fsp3) is 0.364. The molecule has 0 fully saturated rings. The van der Waals surface area contributed by atoms with Crippen LogP contribution in [0.4, 0.5) is 8.78 Å². The van der Waals surface area contributed by atoms with Crippen LogP contribution in [-0.2, 0) is 13.1 Å². The third-order valence-electron chi connectivity index (χ3n) is 2.82. The molecule has 9 heteroatoms. The molecule has 0 atom stereocenters. The molecule has 0 unspecified atom stereocenters. The maximum Gasteiger partial charge on any atom is 0.256 e. The minimum Gasteiger partial charge on any atom is -0.454 e. The topological polar surface area (TPSA) is 62.3 Å². The minimum atomic E-state index is -2.46. The van der Waals surface area contributed by atoms with Crippen molar-refractivity contribution in [3.63, 3.8) is 0 Å². The van der Waals surface area contributed by atoms with Crippen LogP contribution in [0.5, 0.6) is 11.5 Å². The van der Waals surface area contributed by atoms with Crippen LogP contribution in [0.3, 0.4) is 0 Å². The fourth-order valence-electron chi connectivity index (χ4n) is 2.06. The van der Waals surface area contributed by atoms with Gasteiger partial charge in [-0.25, -0.2) is 13.8 Å². The number of rotatable bonds is 3. The Balaban J connectivity index is 0.000001000. The molecular formula is C11H13Cl2F2N3O2. The molecule has 5 nitrogen and oxygen atoms in total. The largest absolute Gasteiger partial charge is 0.454 e. The average molecular weight is 328 g/mol. The van der Waals surface area contributed by atoms with E-state index in [9.17, 15) is 8.78 Å². The van der Waals surface area contributed by atoms with Crippen molar-refractivity contribution in [2.75, 3.05) is 6.79 Å². The lowest BCUT2D eigenvalue weighted by atomic mass is 10.2. The third kappa shape index (κ3) is 2.74. The van der Waals surface area contributed by atoms with Crippen molar-refractivity contribution in [2.24, 2.45) is 5.73 Å². The number of aromatic nitrogens is 2. The van der Waals surface area contributed by atoms with Gasteiger partial charge in [0.1, 0.15) is 5.82 Å². The lowest BCUT2D eigenvalue weighted by molar-refractivity contribution is 0.127. The first-order valence-corrected chi connectivity index (χ1v) is 5.46. The summed E-state index contributed by atoms with van der Waals surface area (Å²) in [5.41, 5.74) is 6.69. The molecule has 1 aliphatic heterocycles. The third-order valence-corrected chi connectivity index (χ3v) is 2.82. The fourth-order valence-corrected chi connectivity index (χ4v) is 2.06. The van der Waals surface area contributed by atoms with Gasteiger partial charge in [-0.2, -0.15) is 0 Å². The van der Waals surface area contributed by atoms with Gasteiger partial charge in [-0.3, -0.25) is 0 Å². The van der Waals surface area contributed by atoms with Crippen LogP contribution in [0, 0.1) is 0 Å². The Bertz CT molecular complexity index is 607. The van der Waals surface area contributed by atoms with Crippen molar-refractivity contribution in [3.8, 4) is 11.5 Å². The molecule has 0 spiro atoms. The Labute approximate surface area is 125 Å². The van der Waals surface area contributed by atoms with Crippen LogP contribution in [0.15, 0.2) is 12.1 Å². The van der Waals surface area contributed by atoms with E-state index in [1.807, 2.05) is 0 Å². The number of hydrogen-bond donors (Lipinski definition) is 1. The van der Waals surface area contributed by atoms with E-state index in [1.54, 1.807) is 12.1 Å². The number of halogens is 4. The van der Waals surface area contributed by atoms with Gasteiger partial charge in [-0.15, -0.1) is 24.8 Å². The molecule has 0 aliphatic carbocycles. The summed E-state index contributed by atoms with van der Waals surface area (Å²) in [6.45, 7) is -0.184. The standard InChI is InChI=1S/C11H11F2N3O2.2ClH/c12-10(13)4-16-7-2-9-8(17-5-18-9)1-6(7)15-11(16)3-14;;/h1-2,10H,3-5,14H2;2*1H. The molecule has 0 bridgehead atoms. The summed E-state index contributed by atoms with van der Waals surface area (Å²) < 4.78 is 37.0. The summed E-state index contributed by atoms with van der Waals surface area (Å²) in [6.07, 6.45) is -2.46. The van der Waals surface area contributed by atoms with Crippen molar-refractivity contribution in [1.29, 1.82) is 0 Å². The van der Waals surface area contributed by atoms with Crippen LogP contribution < -0.4 is 15.2 Å². The van der Waals surface area contributed by atoms with Gasteiger partial charge in [0.15, 0.2) is 11.5 Å². The zero-order chi connectivity index (χ0) is 12.7. The number of ether oxygens (including phenoxy) is 2. The second-order valence-electron chi connectivity index (χ2n) is 3.93. The van der Waals surface area contributed by atoms with Crippen molar-refractivity contribution in [2.45, 2.75) is 19.5 Å². The maximum absolute atomic E-state index is 12.6. The molecule has 20 heavy (non-hydrogen) atoms. The summed E-state index contributed by atoms with van der Waals surface area (Å²) >= 11 is 0. The number of nitrogens with zero attached hydrogens (tertiary/aromatic N) is 2. The van der Waals surface area contributed by atoms with Gasteiger partial charge in [0.05, 0.1) is 24.1 Å². The first kappa shape index (κ1) is 16.7. The SMILES string of the molecule is Cl.Cl.NCc1nc2cc3c(cc2n1CC(F)F)OCO3. The summed E-state index contributed by atoms with van der Waals surface area (Å²) in [5, 5.41) is 0. The minimum absolute atomic E-state index is 0. The summed E-state index contributed by atoms with van der Waals surface area (Å²) in [4.78, 5) is 4.23. The number of hydrogen-bond acceptors (Lipinski definition) is 4. The van der Waals surface area contributed by atoms with Crippen molar-refractivity contribution in [1.82, 2.24) is 9.55 Å². The second kappa shape index (κ2) is 6.43. The smallest absolute Gasteiger partial charge is 0.256 e. The van der Waals surface area contributed by atoms with Gasteiger partial charge in [0, 0.05) is 12.1 Å². The maximum atomic E-state index is 12.6. The highest BCUT2D eigenvalue weighted by Crippen LogP contribution is 2.36. The molecule has 2 heterocycles. The zero-order valence-corrected chi connectivity index (χ0v) is 11.8. The Morgan fingerprint density at radius 3 is 2.50 bits per heavy atom. The van der Waals surface area contributed by atoms with E-state index in [0.29, 0.717) is 28.4 Å². The Morgan fingerprint density at radius 1 is 1.25 bits per heavy atom. The highest BCUT2D eigenvalue weighted by atomic mass is 35.5. The van der Waals surface area contributed by atoms with Crippen molar-refractivity contribution in [3.05, 3.63) is 18.0 Å². The van der Waals surface area contributed by atoms with Gasteiger partial charge in [-0.05, 0) is 0 Å². The Kier molecular flexibility index (Phi) is 5.38. The molecule has 1 aliphatic rings. The van der Waals surface area contributed by atoms with E-state index in [0.717, 1.165) is 0 Å². The predicted octanol–water partition coefficient (Wildman–Crippen LogP) is 2.33. The summed E-state index contributed by atoms with van der Waals surface area (Å²) in [6, 6.07) is 3.34. The lowest BCUT2D eigenvalue weighted by Gasteiger charge is -2.07. The summed E-state index contributed by atoms with van der Waals surface area (Å²) in [5.74, 6) is 1.54. The summed E-state index contributed by atoms with van der Waals surface area (Å²) in [7, 11) is 0. The van der Waals surface area contributed by atoms with E-state index >= 15 is 0 Å². The van der Waals surface area contributed by atoms with Gasteiger partial charge >= 0.3 is 0 Å². The van der Waals surface area contributed by atoms with E-state index in [-0.39, 0.29) is 38.2 Å². The first-order chi connectivity index (χ1) is 8.69. The van der Waals surface area contributed by atoms with E-state index in [4.69, 9.17) is 15.2 Å². The second-order valence-corrected chi connectivity index (χ2v) is 3.93. The highest BCUT2D eigenvalue weighted by Gasteiger charge is 2.20. The molecule has 3 rings (SSSR count).